The van der Waals surface area contributed by atoms with E-state index in [1.165, 1.54) is 16.7 Å². The number of carboxylic acids is 1. The van der Waals surface area contributed by atoms with E-state index in [1.807, 2.05) is 51.2 Å². The zero-order valence-electron chi connectivity index (χ0n) is 24.6. The van der Waals surface area contributed by atoms with E-state index in [2.05, 4.69) is 15.5 Å². The summed E-state index contributed by atoms with van der Waals surface area (Å²) in [6.07, 6.45) is -0.0106. The van der Waals surface area contributed by atoms with Crippen molar-refractivity contribution in [3.05, 3.63) is 71.8 Å². The van der Waals surface area contributed by atoms with Gasteiger partial charge < -0.3 is 30.4 Å². The van der Waals surface area contributed by atoms with Crippen molar-refractivity contribution in [1.82, 2.24) is 25.3 Å². The molecule has 0 spiro atoms. The van der Waals surface area contributed by atoms with Crippen LogP contribution in [0.1, 0.15) is 30.3 Å². The van der Waals surface area contributed by atoms with E-state index in [4.69, 9.17) is 0 Å². The number of benzene rings is 2. The number of Topliss-reactive ketones (excluding diaryl/α,β-unsaturated/α-hetero) is 1. The number of carbonyl (C=O) groups is 5. The van der Waals surface area contributed by atoms with Crippen molar-refractivity contribution in [2.75, 3.05) is 39.0 Å². The van der Waals surface area contributed by atoms with Gasteiger partial charge in [-0.05, 0) is 24.1 Å². The van der Waals surface area contributed by atoms with Crippen LogP contribution in [0.4, 0.5) is 4.79 Å². The number of thioether (sulfide) groups is 1. The van der Waals surface area contributed by atoms with Crippen LogP contribution in [0.25, 0.3) is 0 Å². The second kappa shape index (κ2) is 14.5. The fourth-order valence-corrected chi connectivity index (χ4v) is 6.67. The molecular formula is C31H39N5O6S. The maximum atomic E-state index is 14.3. The normalized spacial score (nSPS) is 20.4. The standard InChI is InChI=1S/C31H39N5O6S/c1-20(2)25(33-31(42)35-16-14-34(3)15-17-35)28(39)36-24(19-43-29(36)22-12-8-5-9-13-22)27(38)32-23(26(37)30(40)41)18-21-10-6-4-7-11-21/h4-13,20,23-25,29H,14-19H2,1-3H3,(H,32,38)(H,33,42)(H,40,41)/t23-,24-,25-,29?/m0/s1. The van der Waals surface area contributed by atoms with Gasteiger partial charge in [-0.15, -0.1) is 11.8 Å². The molecule has 2 aromatic carbocycles. The Balaban J connectivity index is 1.60. The number of hydrogen-bond acceptors (Lipinski definition) is 7. The lowest BCUT2D eigenvalue weighted by Crippen LogP contribution is -2.60. The molecule has 3 N–H and O–H groups in total. The second-order valence-corrected chi connectivity index (χ2v) is 12.4. The molecular weight excluding hydrogens is 570 g/mol. The molecule has 2 fully saturated rings. The first-order valence-corrected chi connectivity index (χ1v) is 15.5. The van der Waals surface area contributed by atoms with Gasteiger partial charge in [0.05, 0.1) is 0 Å². The maximum absolute atomic E-state index is 14.3. The number of hydrogen-bond donors (Lipinski definition) is 3. The molecule has 4 amide bonds. The van der Waals surface area contributed by atoms with Crippen LogP contribution in [0.15, 0.2) is 60.7 Å². The smallest absolute Gasteiger partial charge is 0.374 e. The van der Waals surface area contributed by atoms with Crippen molar-refractivity contribution in [3.8, 4) is 0 Å². The Bertz CT molecular complexity index is 1300. The summed E-state index contributed by atoms with van der Waals surface area (Å²) in [5.74, 6) is -3.88. The Morgan fingerprint density at radius 2 is 1.51 bits per heavy atom. The molecule has 2 heterocycles. The van der Waals surface area contributed by atoms with Crippen LogP contribution in [0, 0.1) is 5.92 Å². The third-order valence-electron chi connectivity index (χ3n) is 7.77. The molecule has 0 aromatic heterocycles. The fourth-order valence-electron chi connectivity index (χ4n) is 5.24. The number of urea groups is 1. The first-order valence-electron chi connectivity index (χ1n) is 14.4. The highest BCUT2D eigenvalue weighted by atomic mass is 32.2. The summed E-state index contributed by atoms with van der Waals surface area (Å²) in [5.41, 5.74) is 1.50. The number of amides is 4. The van der Waals surface area contributed by atoms with Gasteiger partial charge in [-0.1, -0.05) is 74.5 Å². The quantitative estimate of drug-likeness (QED) is 0.348. The number of aliphatic carboxylic acids is 1. The topological polar surface area (TPSA) is 139 Å². The minimum absolute atomic E-state index is 0.0106. The van der Waals surface area contributed by atoms with Crippen molar-refractivity contribution in [3.63, 3.8) is 0 Å². The second-order valence-electron chi connectivity index (χ2n) is 11.2. The molecule has 11 nitrogen and oxygen atoms in total. The van der Waals surface area contributed by atoms with E-state index in [0.717, 1.165) is 18.7 Å². The molecule has 0 aliphatic carbocycles. The van der Waals surface area contributed by atoms with Crippen molar-refractivity contribution >= 4 is 41.4 Å². The van der Waals surface area contributed by atoms with Crippen LogP contribution in [0.2, 0.25) is 0 Å². The van der Waals surface area contributed by atoms with Crippen molar-refractivity contribution < 1.29 is 29.1 Å². The summed E-state index contributed by atoms with van der Waals surface area (Å²) in [6, 6.07) is 14.6. The summed E-state index contributed by atoms with van der Waals surface area (Å²) in [6.45, 7) is 6.22. The number of piperazine rings is 1. The molecule has 43 heavy (non-hydrogen) atoms. The molecule has 12 heteroatoms. The average molecular weight is 610 g/mol. The molecule has 2 saturated heterocycles. The highest BCUT2D eigenvalue weighted by molar-refractivity contribution is 7.99. The van der Waals surface area contributed by atoms with Gasteiger partial charge in [0, 0.05) is 38.4 Å². The summed E-state index contributed by atoms with van der Waals surface area (Å²) >= 11 is 1.40. The lowest BCUT2D eigenvalue weighted by Gasteiger charge is -2.36. The summed E-state index contributed by atoms with van der Waals surface area (Å²) in [5, 5.41) is 14.5. The van der Waals surface area contributed by atoms with Crippen LogP contribution in [-0.2, 0) is 25.6 Å². The first kappa shape index (κ1) is 32.0. The Morgan fingerprint density at radius 1 is 0.907 bits per heavy atom. The van der Waals surface area contributed by atoms with Crippen LogP contribution in [-0.4, -0.2) is 107 Å². The van der Waals surface area contributed by atoms with Crippen molar-refractivity contribution in [2.45, 2.75) is 43.8 Å². The number of ketones is 1. The molecule has 0 bridgehead atoms. The largest absolute Gasteiger partial charge is 0.475 e. The van der Waals surface area contributed by atoms with E-state index >= 15 is 0 Å². The molecule has 230 valence electrons. The molecule has 2 aromatic rings. The SMILES string of the molecule is CC(C)[C@H](NC(=O)N1CCN(C)CC1)C(=O)N1C(c2ccccc2)SC[C@H]1C(=O)N[C@@H](Cc1ccccc1)C(=O)C(=O)O. The Morgan fingerprint density at radius 3 is 2.09 bits per heavy atom. The minimum Gasteiger partial charge on any atom is -0.475 e. The van der Waals surface area contributed by atoms with E-state index in [1.54, 1.807) is 35.2 Å². The zero-order chi connectivity index (χ0) is 31.1. The predicted octanol–water partition coefficient (Wildman–Crippen LogP) is 1.99. The van der Waals surface area contributed by atoms with E-state index in [-0.39, 0.29) is 24.1 Å². The van der Waals surface area contributed by atoms with Gasteiger partial charge in [-0.2, -0.15) is 0 Å². The molecule has 1 unspecified atom stereocenters. The summed E-state index contributed by atoms with van der Waals surface area (Å²) in [4.78, 5) is 70.9. The molecule has 0 saturated carbocycles. The Hall–Kier alpha value is -3.90. The average Bonchev–Trinajstić information content (AvgIpc) is 3.45. The van der Waals surface area contributed by atoms with Crippen LogP contribution >= 0.6 is 11.8 Å². The minimum atomic E-state index is -1.65. The third-order valence-corrected chi connectivity index (χ3v) is 9.09. The van der Waals surface area contributed by atoms with Gasteiger partial charge in [0.15, 0.2) is 0 Å². The van der Waals surface area contributed by atoms with Gasteiger partial charge >= 0.3 is 12.0 Å². The van der Waals surface area contributed by atoms with Crippen LogP contribution < -0.4 is 10.6 Å². The zero-order valence-corrected chi connectivity index (χ0v) is 25.5. The van der Waals surface area contributed by atoms with Gasteiger partial charge in [-0.25, -0.2) is 9.59 Å². The van der Waals surface area contributed by atoms with E-state index in [0.29, 0.717) is 18.7 Å². The van der Waals surface area contributed by atoms with Crippen molar-refractivity contribution in [2.24, 2.45) is 5.92 Å². The highest BCUT2D eigenvalue weighted by Crippen LogP contribution is 2.42. The third kappa shape index (κ3) is 7.94. The monoisotopic (exact) mass is 609 g/mol. The van der Waals surface area contributed by atoms with Gasteiger partial charge in [0.2, 0.25) is 11.8 Å². The Kier molecular flexibility index (Phi) is 10.8. The predicted molar refractivity (Wildman–Crippen MR) is 163 cm³/mol. The number of carbonyl (C=O) groups excluding carboxylic acids is 4. The number of nitrogens with zero attached hydrogens (tertiary/aromatic N) is 3. The lowest BCUT2D eigenvalue weighted by atomic mass is 10.00. The highest BCUT2D eigenvalue weighted by Gasteiger charge is 2.46. The number of nitrogens with one attached hydrogen (secondary N) is 2. The summed E-state index contributed by atoms with van der Waals surface area (Å²) < 4.78 is 0. The van der Waals surface area contributed by atoms with E-state index in [9.17, 15) is 29.1 Å². The first-order chi connectivity index (χ1) is 20.6. The van der Waals surface area contributed by atoms with Crippen LogP contribution in [0.5, 0.6) is 0 Å². The van der Waals surface area contributed by atoms with Crippen molar-refractivity contribution in [1.29, 1.82) is 0 Å². The van der Waals surface area contributed by atoms with Gasteiger partial charge in [0.1, 0.15) is 23.5 Å². The lowest BCUT2D eigenvalue weighted by molar-refractivity contribution is -0.151. The van der Waals surface area contributed by atoms with Gasteiger partial charge in [0.25, 0.3) is 5.78 Å². The number of rotatable bonds is 10. The fraction of sp³-hybridized carbons (Fsp3) is 0.452. The Labute approximate surface area is 256 Å². The molecule has 0 radical (unpaired) electrons. The molecule has 4 atom stereocenters. The van der Waals surface area contributed by atoms with Gasteiger partial charge in [-0.3, -0.25) is 14.4 Å². The van der Waals surface area contributed by atoms with Crippen LogP contribution in [0.3, 0.4) is 0 Å². The number of likely N-dealkylation sites (N-methyl/N-ethyl adjacent to an activating group) is 1. The molecule has 2 aliphatic rings. The number of carboxylic acid groups (broad SMARTS) is 1. The molecule has 2 aliphatic heterocycles. The summed E-state index contributed by atoms with van der Waals surface area (Å²) in [7, 11) is 1.99. The van der Waals surface area contributed by atoms with E-state index < -0.39 is 47.1 Å². The molecule has 4 rings (SSSR count). The maximum Gasteiger partial charge on any atom is 0.374 e.